The SMILES string of the molecule is C=CC(=O)N1CCC(C(=O)NC(C)CSC)(c2ccccc2)CC1. The first-order valence-corrected chi connectivity index (χ1v) is 9.69. The van der Waals surface area contributed by atoms with E-state index in [9.17, 15) is 9.59 Å². The molecular weight excluding hydrogens is 320 g/mol. The lowest BCUT2D eigenvalue weighted by Crippen LogP contribution is -2.54. The predicted molar refractivity (Wildman–Crippen MR) is 100 cm³/mol. The molecule has 1 aliphatic rings. The number of carbonyl (C=O) groups excluding carboxylic acids is 2. The van der Waals surface area contributed by atoms with Gasteiger partial charge < -0.3 is 10.2 Å². The number of piperidine rings is 1. The van der Waals surface area contributed by atoms with Gasteiger partial charge in [0.15, 0.2) is 0 Å². The third-order valence-electron chi connectivity index (χ3n) is 4.66. The Bertz CT molecular complexity index is 580. The average molecular weight is 346 g/mol. The first kappa shape index (κ1) is 18.6. The zero-order valence-corrected chi connectivity index (χ0v) is 15.3. The van der Waals surface area contributed by atoms with Gasteiger partial charge in [-0.2, -0.15) is 11.8 Å². The summed E-state index contributed by atoms with van der Waals surface area (Å²) in [5, 5.41) is 3.16. The molecule has 2 amide bonds. The highest BCUT2D eigenvalue weighted by molar-refractivity contribution is 7.98. The monoisotopic (exact) mass is 346 g/mol. The van der Waals surface area contributed by atoms with Gasteiger partial charge in [0.1, 0.15) is 0 Å². The Labute approximate surface area is 148 Å². The minimum Gasteiger partial charge on any atom is -0.352 e. The van der Waals surface area contributed by atoms with E-state index < -0.39 is 5.41 Å². The van der Waals surface area contributed by atoms with Gasteiger partial charge >= 0.3 is 0 Å². The maximum atomic E-state index is 13.1. The molecule has 5 heteroatoms. The van der Waals surface area contributed by atoms with Crippen LogP contribution >= 0.6 is 11.8 Å². The number of carbonyl (C=O) groups is 2. The van der Waals surface area contributed by atoms with Crippen LogP contribution in [-0.2, 0) is 15.0 Å². The molecule has 0 radical (unpaired) electrons. The van der Waals surface area contributed by atoms with Crippen molar-refractivity contribution in [2.24, 2.45) is 0 Å². The van der Waals surface area contributed by atoms with E-state index in [1.54, 1.807) is 16.7 Å². The molecule has 2 rings (SSSR count). The second-order valence-corrected chi connectivity index (χ2v) is 7.22. The van der Waals surface area contributed by atoms with Crippen LogP contribution in [-0.4, -0.2) is 47.9 Å². The Hall–Kier alpha value is -1.75. The first-order chi connectivity index (χ1) is 11.5. The van der Waals surface area contributed by atoms with Crippen LogP contribution < -0.4 is 5.32 Å². The number of nitrogens with one attached hydrogen (secondary N) is 1. The van der Waals surface area contributed by atoms with Crippen molar-refractivity contribution < 1.29 is 9.59 Å². The van der Waals surface area contributed by atoms with E-state index in [1.165, 1.54) is 6.08 Å². The fourth-order valence-electron chi connectivity index (χ4n) is 3.30. The molecular formula is C19H26N2O2S. The van der Waals surface area contributed by atoms with Crippen molar-refractivity contribution in [3.63, 3.8) is 0 Å². The molecule has 1 N–H and O–H groups in total. The lowest BCUT2D eigenvalue weighted by molar-refractivity contribution is -0.134. The minimum atomic E-state index is -0.564. The van der Waals surface area contributed by atoms with Crippen LogP contribution in [0.4, 0.5) is 0 Å². The summed E-state index contributed by atoms with van der Waals surface area (Å²) in [5.41, 5.74) is 0.468. The van der Waals surface area contributed by atoms with Gasteiger partial charge in [-0.05, 0) is 37.7 Å². The smallest absolute Gasteiger partial charge is 0.245 e. The highest BCUT2D eigenvalue weighted by Gasteiger charge is 2.43. The van der Waals surface area contributed by atoms with E-state index >= 15 is 0 Å². The molecule has 1 atom stereocenters. The number of thioether (sulfide) groups is 1. The molecule has 0 aliphatic carbocycles. The maximum absolute atomic E-state index is 13.1. The number of benzene rings is 1. The molecule has 0 bridgehead atoms. The highest BCUT2D eigenvalue weighted by atomic mass is 32.2. The molecule has 130 valence electrons. The van der Waals surface area contributed by atoms with E-state index in [0.29, 0.717) is 25.9 Å². The molecule has 0 aromatic heterocycles. The summed E-state index contributed by atoms with van der Waals surface area (Å²) in [6.45, 7) is 6.73. The minimum absolute atomic E-state index is 0.0622. The second-order valence-electron chi connectivity index (χ2n) is 6.31. The Morgan fingerprint density at radius 1 is 1.33 bits per heavy atom. The van der Waals surface area contributed by atoms with Crippen LogP contribution in [0, 0.1) is 0 Å². The molecule has 1 aromatic rings. The van der Waals surface area contributed by atoms with Crippen LogP contribution in [0.1, 0.15) is 25.3 Å². The zero-order valence-electron chi connectivity index (χ0n) is 14.5. The number of hydrogen-bond donors (Lipinski definition) is 1. The largest absolute Gasteiger partial charge is 0.352 e. The summed E-state index contributed by atoms with van der Waals surface area (Å²) in [5.74, 6) is 0.895. The van der Waals surface area contributed by atoms with E-state index in [2.05, 4.69) is 11.9 Å². The number of hydrogen-bond acceptors (Lipinski definition) is 3. The van der Waals surface area contributed by atoms with Gasteiger partial charge in [0.2, 0.25) is 11.8 Å². The lowest BCUT2D eigenvalue weighted by Gasteiger charge is -2.41. The summed E-state index contributed by atoms with van der Waals surface area (Å²) < 4.78 is 0. The predicted octanol–water partition coefficient (Wildman–Crippen LogP) is 2.60. The number of likely N-dealkylation sites (tertiary alicyclic amines) is 1. The summed E-state index contributed by atoms with van der Waals surface area (Å²) >= 11 is 1.72. The van der Waals surface area contributed by atoms with E-state index in [4.69, 9.17) is 0 Å². The Morgan fingerprint density at radius 3 is 2.50 bits per heavy atom. The summed E-state index contributed by atoms with van der Waals surface area (Å²) in [4.78, 5) is 26.7. The molecule has 1 aliphatic heterocycles. The molecule has 1 saturated heterocycles. The fourth-order valence-corrected chi connectivity index (χ4v) is 3.88. The Kier molecular flexibility index (Phi) is 6.49. The topological polar surface area (TPSA) is 49.4 Å². The van der Waals surface area contributed by atoms with Crippen molar-refractivity contribution in [2.75, 3.05) is 25.1 Å². The third kappa shape index (κ3) is 4.01. The van der Waals surface area contributed by atoms with Crippen molar-refractivity contribution in [3.8, 4) is 0 Å². The standard InChI is InChI=1S/C19H26N2O2S/c1-4-17(22)21-12-10-19(11-13-21,16-8-6-5-7-9-16)18(23)20-15(2)14-24-3/h4-9,15H,1,10-14H2,2-3H3,(H,20,23). The van der Waals surface area contributed by atoms with E-state index in [-0.39, 0.29) is 17.9 Å². The molecule has 1 fully saturated rings. The molecule has 0 saturated carbocycles. The van der Waals surface area contributed by atoms with Crippen molar-refractivity contribution in [1.82, 2.24) is 10.2 Å². The molecule has 1 heterocycles. The molecule has 1 unspecified atom stereocenters. The fraction of sp³-hybridized carbons (Fsp3) is 0.474. The second kappa shape index (κ2) is 8.38. The quantitative estimate of drug-likeness (QED) is 0.806. The van der Waals surface area contributed by atoms with Crippen molar-refractivity contribution >= 4 is 23.6 Å². The number of nitrogens with zero attached hydrogens (tertiary/aromatic N) is 1. The van der Waals surface area contributed by atoms with Gasteiger partial charge in [-0.25, -0.2) is 0 Å². The third-order valence-corrected chi connectivity index (χ3v) is 5.49. The molecule has 1 aromatic carbocycles. The summed E-state index contributed by atoms with van der Waals surface area (Å²) in [6.07, 6.45) is 4.65. The normalized spacial score (nSPS) is 17.8. The number of amides is 2. The van der Waals surface area contributed by atoms with Gasteiger partial charge in [-0.3, -0.25) is 9.59 Å². The van der Waals surface area contributed by atoms with E-state index in [0.717, 1.165) is 11.3 Å². The van der Waals surface area contributed by atoms with Gasteiger partial charge in [-0.1, -0.05) is 36.9 Å². The number of rotatable bonds is 6. The van der Waals surface area contributed by atoms with Crippen molar-refractivity contribution in [3.05, 3.63) is 48.6 Å². The van der Waals surface area contributed by atoms with Crippen LogP contribution in [0.25, 0.3) is 0 Å². The van der Waals surface area contributed by atoms with Crippen LogP contribution in [0.3, 0.4) is 0 Å². The van der Waals surface area contributed by atoms with Gasteiger partial charge in [0, 0.05) is 24.9 Å². The maximum Gasteiger partial charge on any atom is 0.245 e. The molecule has 0 spiro atoms. The summed E-state index contributed by atoms with van der Waals surface area (Å²) in [7, 11) is 0. The van der Waals surface area contributed by atoms with Crippen molar-refractivity contribution in [1.29, 1.82) is 0 Å². The van der Waals surface area contributed by atoms with Crippen molar-refractivity contribution in [2.45, 2.75) is 31.2 Å². The van der Waals surface area contributed by atoms with Crippen LogP contribution in [0.5, 0.6) is 0 Å². The first-order valence-electron chi connectivity index (χ1n) is 8.30. The van der Waals surface area contributed by atoms with Gasteiger partial charge in [0.25, 0.3) is 0 Å². The molecule has 24 heavy (non-hydrogen) atoms. The highest BCUT2D eigenvalue weighted by Crippen LogP contribution is 2.36. The Balaban J connectivity index is 2.23. The average Bonchev–Trinajstić information content (AvgIpc) is 2.62. The summed E-state index contributed by atoms with van der Waals surface area (Å²) in [6, 6.07) is 10.1. The van der Waals surface area contributed by atoms with Crippen LogP contribution in [0.15, 0.2) is 43.0 Å². The zero-order chi connectivity index (χ0) is 17.6. The Morgan fingerprint density at radius 2 is 1.96 bits per heavy atom. The van der Waals surface area contributed by atoms with Gasteiger partial charge in [-0.15, -0.1) is 0 Å². The van der Waals surface area contributed by atoms with Gasteiger partial charge in [0.05, 0.1) is 5.41 Å². The van der Waals surface area contributed by atoms with E-state index in [1.807, 2.05) is 43.5 Å². The van der Waals surface area contributed by atoms with Crippen LogP contribution in [0.2, 0.25) is 0 Å². The lowest BCUT2D eigenvalue weighted by atomic mass is 9.71. The molecule has 4 nitrogen and oxygen atoms in total.